The monoisotopic (exact) mass is 387 g/mol. The molecule has 0 aliphatic heterocycles. The van der Waals surface area contributed by atoms with Crippen molar-refractivity contribution in [2.45, 2.75) is 33.1 Å². The molecule has 0 spiro atoms. The quantitative estimate of drug-likeness (QED) is 0.389. The third-order valence-electron chi connectivity index (χ3n) is 3.98. The highest BCUT2D eigenvalue weighted by Crippen LogP contribution is 2.25. The molecule has 0 radical (unpaired) electrons. The van der Waals surface area contributed by atoms with Crippen molar-refractivity contribution >= 4 is 39.0 Å². The lowest BCUT2D eigenvalue weighted by molar-refractivity contribution is -0.384. The maximum Gasteiger partial charge on any atom is 0.349 e. The molecule has 0 saturated carbocycles. The molecule has 0 saturated heterocycles. The van der Waals surface area contributed by atoms with Gasteiger partial charge in [-0.05, 0) is 25.0 Å². The average molecular weight is 387 g/mol. The van der Waals surface area contributed by atoms with Crippen LogP contribution >= 0.6 is 11.3 Å². The SMILES string of the molecule is CCCc1nc(NC(=O)c2cc3cc([N+](=O)[O-])ccc3oc2=O)sc1CC. The minimum absolute atomic E-state index is 0.153. The summed E-state index contributed by atoms with van der Waals surface area (Å²) in [5, 5.41) is 14.3. The van der Waals surface area contributed by atoms with Crippen LogP contribution in [0, 0.1) is 10.1 Å². The molecule has 0 aliphatic rings. The Morgan fingerprint density at radius 1 is 1.33 bits per heavy atom. The molecule has 0 aliphatic carbocycles. The fourth-order valence-corrected chi connectivity index (χ4v) is 3.64. The maximum absolute atomic E-state index is 12.5. The first-order chi connectivity index (χ1) is 12.9. The van der Waals surface area contributed by atoms with Crippen LogP contribution in [0.15, 0.2) is 33.5 Å². The number of rotatable bonds is 6. The standard InChI is InChI=1S/C18H17N3O5S/c1-3-5-13-15(4-2)27-18(19-13)20-16(22)12-9-10-8-11(21(24)25)6-7-14(10)26-17(12)23/h6-9H,3-5H2,1-2H3,(H,19,20,22). The number of nitro groups is 1. The van der Waals surface area contributed by atoms with Crippen molar-refractivity contribution in [2.75, 3.05) is 5.32 Å². The van der Waals surface area contributed by atoms with Crippen LogP contribution in [-0.4, -0.2) is 15.8 Å². The molecule has 140 valence electrons. The number of carbonyl (C=O) groups is 1. The van der Waals surface area contributed by atoms with Gasteiger partial charge >= 0.3 is 5.63 Å². The molecule has 9 heteroatoms. The summed E-state index contributed by atoms with van der Waals surface area (Å²) in [5.41, 5.74) is -0.0704. The number of fused-ring (bicyclic) bond motifs is 1. The molecule has 1 amide bonds. The summed E-state index contributed by atoms with van der Waals surface area (Å²) in [6, 6.07) is 5.13. The number of thiazole rings is 1. The van der Waals surface area contributed by atoms with Crippen molar-refractivity contribution in [3.05, 3.63) is 60.9 Å². The van der Waals surface area contributed by atoms with Gasteiger partial charge in [-0.15, -0.1) is 11.3 Å². The fraction of sp³-hybridized carbons (Fsp3) is 0.278. The number of aryl methyl sites for hydroxylation is 2. The van der Waals surface area contributed by atoms with Crippen LogP contribution in [0.1, 0.15) is 41.2 Å². The highest BCUT2D eigenvalue weighted by molar-refractivity contribution is 7.15. The summed E-state index contributed by atoms with van der Waals surface area (Å²) in [4.78, 5) is 40.5. The Morgan fingerprint density at radius 2 is 2.11 bits per heavy atom. The van der Waals surface area contributed by atoms with Crippen molar-refractivity contribution in [1.82, 2.24) is 4.98 Å². The average Bonchev–Trinajstić information content (AvgIpc) is 3.02. The summed E-state index contributed by atoms with van der Waals surface area (Å²) in [7, 11) is 0. The van der Waals surface area contributed by atoms with Crippen LogP contribution in [0.3, 0.4) is 0 Å². The van der Waals surface area contributed by atoms with Gasteiger partial charge in [0.15, 0.2) is 5.13 Å². The van der Waals surface area contributed by atoms with Crippen molar-refractivity contribution in [1.29, 1.82) is 0 Å². The molecule has 8 nitrogen and oxygen atoms in total. The van der Waals surface area contributed by atoms with Crippen molar-refractivity contribution in [3.8, 4) is 0 Å². The normalized spacial score (nSPS) is 10.9. The van der Waals surface area contributed by atoms with Crippen LogP contribution in [-0.2, 0) is 12.8 Å². The first-order valence-corrected chi connectivity index (χ1v) is 9.26. The topological polar surface area (TPSA) is 115 Å². The summed E-state index contributed by atoms with van der Waals surface area (Å²) in [6.07, 6.45) is 2.57. The van der Waals surface area contributed by atoms with Crippen LogP contribution < -0.4 is 10.9 Å². The molecule has 0 unspecified atom stereocenters. The summed E-state index contributed by atoms with van der Waals surface area (Å²) >= 11 is 1.37. The van der Waals surface area contributed by atoms with Crippen molar-refractivity contribution in [3.63, 3.8) is 0 Å². The fourth-order valence-electron chi connectivity index (χ4n) is 2.69. The Morgan fingerprint density at radius 3 is 2.78 bits per heavy atom. The number of carbonyl (C=O) groups excluding carboxylic acids is 1. The van der Waals surface area contributed by atoms with Gasteiger partial charge in [-0.25, -0.2) is 9.78 Å². The van der Waals surface area contributed by atoms with Crippen LogP contribution in [0.4, 0.5) is 10.8 Å². The van der Waals surface area contributed by atoms with Gasteiger partial charge in [-0.1, -0.05) is 20.3 Å². The molecule has 27 heavy (non-hydrogen) atoms. The van der Waals surface area contributed by atoms with E-state index in [0.29, 0.717) is 10.5 Å². The molecule has 3 rings (SSSR count). The van der Waals surface area contributed by atoms with E-state index in [1.807, 2.05) is 6.92 Å². The summed E-state index contributed by atoms with van der Waals surface area (Å²) in [6.45, 7) is 4.07. The van der Waals surface area contributed by atoms with E-state index in [9.17, 15) is 19.7 Å². The largest absolute Gasteiger partial charge is 0.422 e. The van der Waals surface area contributed by atoms with Gasteiger partial charge in [-0.2, -0.15) is 0 Å². The molecule has 2 heterocycles. The second kappa shape index (κ2) is 7.67. The number of nitrogens with zero attached hydrogens (tertiary/aromatic N) is 2. The molecule has 0 bridgehead atoms. The molecule has 0 atom stereocenters. The lowest BCUT2D eigenvalue weighted by Gasteiger charge is -2.02. The Bertz CT molecular complexity index is 1090. The Balaban J connectivity index is 1.94. The second-order valence-corrected chi connectivity index (χ2v) is 6.96. The number of non-ortho nitro benzene ring substituents is 1. The number of aromatic nitrogens is 1. The van der Waals surface area contributed by atoms with Gasteiger partial charge in [-0.3, -0.25) is 20.2 Å². The first kappa shape index (κ1) is 18.7. The summed E-state index contributed by atoms with van der Waals surface area (Å²) < 4.78 is 5.12. The van der Waals surface area contributed by atoms with Crippen LogP contribution in [0.5, 0.6) is 0 Å². The van der Waals surface area contributed by atoms with Gasteiger partial charge in [0.05, 0.1) is 10.6 Å². The number of hydrogen-bond acceptors (Lipinski definition) is 7. The van der Waals surface area contributed by atoms with Gasteiger partial charge < -0.3 is 4.42 Å². The van der Waals surface area contributed by atoms with E-state index in [-0.39, 0.29) is 16.8 Å². The molecule has 2 aromatic heterocycles. The van der Waals surface area contributed by atoms with E-state index in [0.717, 1.165) is 29.8 Å². The second-order valence-electron chi connectivity index (χ2n) is 5.87. The zero-order valence-corrected chi connectivity index (χ0v) is 15.6. The van der Waals surface area contributed by atoms with Crippen molar-refractivity contribution in [2.24, 2.45) is 0 Å². The number of hydrogen-bond donors (Lipinski definition) is 1. The molecular formula is C18H17N3O5S. The number of anilines is 1. The van der Waals surface area contributed by atoms with E-state index >= 15 is 0 Å². The first-order valence-electron chi connectivity index (χ1n) is 8.45. The lowest BCUT2D eigenvalue weighted by Crippen LogP contribution is -2.20. The maximum atomic E-state index is 12.5. The van der Waals surface area contributed by atoms with Crippen molar-refractivity contribution < 1.29 is 14.1 Å². The zero-order chi connectivity index (χ0) is 19.6. The molecule has 1 aromatic carbocycles. The van der Waals surface area contributed by atoms with E-state index < -0.39 is 16.5 Å². The lowest BCUT2D eigenvalue weighted by atomic mass is 10.1. The molecular weight excluding hydrogens is 370 g/mol. The zero-order valence-electron chi connectivity index (χ0n) is 14.8. The highest BCUT2D eigenvalue weighted by Gasteiger charge is 2.18. The summed E-state index contributed by atoms with van der Waals surface area (Å²) in [5.74, 6) is -0.656. The van der Waals surface area contributed by atoms with E-state index in [1.54, 1.807) is 0 Å². The van der Waals surface area contributed by atoms with E-state index in [4.69, 9.17) is 4.42 Å². The number of nitro benzene ring substituents is 1. The minimum atomic E-state index is -0.810. The Hall–Kier alpha value is -3.07. The minimum Gasteiger partial charge on any atom is -0.422 e. The molecule has 3 aromatic rings. The van der Waals surface area contributed by atoms with Crippen LogP contribution in [0.25, 0.3) is 11.0 Å². The number of benzene rings is 1. The van der Waals surface area contributed by atoms with E-state index in [1.165, 1.54) is 35.6 Å². The number of nitrogens with one attached hydrogen (secondary N) is 1. The molecule has 1 N–H and O–H groups in total. The van der Waals surface area contributed by atoms with Gasteiger partial charge in [0.25, 0.3) is 11.6 Å². The third kappa shape index (κ3) is 3.87. The molecule has 0 fully saturated rings. The number of amides is 1. The Kier molecular flexibility index (Phi) is 5.31. The van der Waals surface area contributed by atoms with Gasteiger partial charge in [0, 0.05) is 22.4 Å². The smallest absolute Gasteiger partial charge is 0.349 e. The third-order valence-corrected chi connectivity index (χ3v) is 5.14. The predicted octanol–water partition coefficient (Wildman–Crippen LogP) is 3.92. The van der Waals surface area contributed by atoms with E-state index in [2.05, 4.69) is 17.2 Å². The highest BCUT2D eigenvalue weighted by atomic mass is 32.1. The van der Waals surface area contributed by atoms with Gasteiger partial charge in [0.1, 0.15) is 11.1 Å². The van der Waals surface area contributed by atoms with Gasteiger partial charge in [0.2, 0.25) is 0 Å². The van der Waals surface area contributed by atoms with Crippen LogP contribution in [0.2, 0.25) is 0 Å². The Labute approximate surface area is 158 Å². The predicted molar refractivity (Wildman–Crippen MR) is 103 cm³/mol.